The molecule has 3 aromatic rings. The van der Waals surface area contributed by atoms with E-state index in [1.54, 1.807) is 11.0 Å². The Kier molecular flexibility index (Phi) is 3.72. The molecule has 2 amide bonds. The molecule has 0 spiro atoms. The Morgan fingerprint density at radius 1 is 1.12 bits per heavy atom. The molecule has 6 nitrogen and oxygen atoms in total. The van der Waals surface area contributed by atoms with Gasteiger partial charge in [0.15, 0.2) is 5.58 Å². The van der Waals surface area contributed by atoms with Crippen molar-refractivity contribution in [3.63, 3.8) is 0 Å². The van der Waals surface area contributed by atoms with Crippen LogP contribution in [0.3, 0.4) is 0 Å². The minimum Gasteiger partial charge on any atom is -0.368 e. The van der Waals surface area contributed by atoms with Gasteiger partial charge in [-0.2, -0.15) is 0 Å². The molecule has 2 N–H and O–H groups in total. The number of rotatable bonds is 3. The molecule has 0 bridgehead atoms. The third-order valence-electron chi connectivity index (χ3n) is 4.67. The van der Waals surface area contributed by atoms with E-state index in [4.69, 9.17) is 10.3 Å². The Morgan fingerprint density at radius 2 is 1.84 bits per heavy atom. The smallest absolute Gasteiger partial charge is 0.240 e. The van der Waals surface area contributed by atoms with E-state index in [-0.39, 0.29) is 12.3 Å². The van der Waals surface area contributed by atoms with Crippen molar-refractivity contribution >= 4 is 22.8 Å². The predicted molar refractivity (Wildman–Crippen MR) is 91.4 cm³/mol. The standard InChI is InChI=1S/C19H17N3O3/c20-19(24)16-9-12-5-1-2-6-13(12)11-22(16)18(23)10-15-14-7-3-4-8-17(14)25-21-15/h1-8,16H,9-11H2,(H2,20,24). The molecule has 25 heavy (non-hydrogen) atoms. The summed E-state index contributed by atoms with van der Waals surface area (Å²) >= 11 is 0. The Bertz CT molecular complexity index is 963. The van der Waals surface area contributed by atoms with Gasteiger partial charge in [0.2, 0.25) is 11.8 Å². The first-order chi connectivity index (χ1) is 12.1. The van der Waals surface area contributed by atoms with Gasteiger partial charge < -0.3 is 15.2 Å². The van der Waals surface area contributed by atoms with Gasteiger partial charge in [0.25, 0.3) is 0 Å². The second-order valence-corrected chi connectivity index (χ2v) is 6.21. The summed E-state index contributed by atoms with van der Waals surface area (Å²) < 4.78 is 5.26. The van der Waals surface area contributed by atoms with Gasteiger partial charge in [-0.3, -0.25) is 9.59 Å². The van der Waals surface area contributed by atoms with Crippen LogP contribution < -0.4 is 5.73 Å². The van der Waals surface area contributed by atoms with E-state index in [2.05, 4.69) is 5.16 Å². The van der Waals surface area contributed by atoms with Crippen LogP contribution in [0.2, 0.25) is 0 Å². The van der Waals surface area contributed by atoms with Crippen molar-refractivity contribution in [2.24, 2.45) is 5.73 Å². The summed E-state index contributed by atoms with van der Waals surface area (Å²) in [4.78, 5) is 26.3. The number of primary amides is 1. The van der Waals surface area contributed by atoms with Gasteiger partial charge in [-0.25, -0.2) is 0 Å². The fourth-order valence-corrected chi connectivity index (χ4v) is 3.35. The molecule has 2 heterocycles. The number of hydrogen-bond acceptors (Lipinski definition) is 4. The summed E-state index contributed by atoms with van der Waals surface area (Å²) in [6, 6.07) is 14.6. The number of fused-ring (bicyclic) bond motifs is 2. The summed E-state index contributed by atoms with van der Waals surface area (Å²) in [7, 11) is 0. The number of amides is 2. The average Bonchev–Trinajstić information content (AvgIpc) is 3.03. The number of carbonyl (C=O) groups excluding carboxylic acids is 2. The Labute approximate surface area is 144 Å². The molecule has 0 radical (unpaired) electrons. The number of benzene rings is 2. The number of hydrogen-bond donors (Lipinski definition) is 1. The van der Waals surface area contributed by atoms with Crippen LogP contribution in [0.25, 0.3) is 11.0 Å². The fourth-order valence-electron chi connectivity index (χ4n) is 3.35. The molecular formula is C19H17N3O3. The lowest BCUT2D eigenvalue weighted by molar-refractivity contribution is -0.140. The highest BCUT2D eigenvalue weighted by Crippen LogP contribution is 2.25. The second-order valence-electron chi connectivity index (χ2n) is 6.21. The summed E-state index contributed by atoms with van der Waals surface area (Å²) in [6.07, 6.45) is 0.514. The zero-order valence-electron chi connectivity index (χ0n) is 13.5. The lowest BCUT2D eigenvalue weighted by Crippen LogP contribution is -2.51. The SMILES string of the molecule is NC(=O)C1Cc2ccccc2CN1C(=O)Cc1noc2ccccc12. The van der Waals surface area contributed by atoms with Crippen LogP contribution in [0.4, 0.5) is 0 Å². The molecule has 1 aliphatic rings. The fraction of sp³-hybridized carbons (Fsp3) is 0.211. The second kappa shape index (κ2) is 6.05. The zero-order chi connectivity index (χ0) is 17.4. The maximum absolute atomic E-state index is 12.9. The molecule has 1 unspecified atom stereocenters. The summed E-state index contributed by atoms with van der Waals surface area (Å²) in [6.45, 7) is 0.373. The quantitative estimate of drug-likeness (QED) is 0.790. The molecule has 0 saturated heterocycles. The molecule has 4 rings (SSSR count). The minimum atomic E-state index is -0.638. The highest BCUT2D eigenvalue weighted by Gasteiger charge is 2.33. The van der Waals surface area contributed by atoms with Gasteiger partial charge in [-0.05, 0) is 23.3 Å². The lowest BCUT2D eigenvalue weighted by Gasteiger charge is -2.35. The molecule has 6 heteroatoms. The summed E-state index contributed by atoms with van der Waals surface area (Å²) in [5.41, 5.74) is 8.86. The maximum atomic E-state index is 12.9. The van der Waals surface area contributed by atoms with Crippen molar-refractivity contribution in [3.05, 3.63) is 65.4 Å². The van der Waals surface area contributed by atoms with E-state index in [9.17, 15) is 9.59 Å². The van der Waals surface area contributed by atoms with Gasteiger partial charge in [0.1, 0.15) is 11.7 Å². The van der Waals surface area contributed by atoms with Crippen molar-refractivity contribution in [1.82, 2.24) is 10.1 Å². The van der Waals surface area contributed by atoms with Gasteiger partial charge in [-0.1, -0.05) is 41.6 Å². The van der Waals surface area contributed by atoms with Crippen LogP contribution >= 0.6 is 0 Å². The van der Waals surface area contributed by atoms with Crippen LogP contribution in [-0.4, -0.2) is 27.9 Å². The van der Waals surface area contributed by atoms with E-state index in [1.807, 2.05) is 42.5 Å². The van der Waals surface area contributed by atoms with Crippen molar-refractivity contribution in [1.29, 1.82) is 0 Å². The number of para-hydroxylation sites is 1. The molecule has 0 aliphatic carbocycles. The molecule has 1 atom stereocenters. The molecule has 126 valence electrons. The average molecular weight is 335 g/mol. The van der Waals surface area contributed by atoms with Crippen LogP contribution in [-0.2, 0) is 29.0 Å². The maximum Gasteiger partial charge on any atom is 0.240 e. The highest BCUT2D eigenvalue weighted by molar-refractivity contribution is 5.90. The highest BCUT2D eigenvalue weighted by atomic mass is 16.5. The first-order valence-electron chi connectivity index (χ1n) is 8.12. The number of aromatic nitrogens is 1. The normalized spacial score (nSPS) is 16.6. The van der Waals surface area contributed by atoms with Gasteiger partial charge in [-0.15, -0.1) is 0 Å². The zero-order valence-corrected chi connectivity index (χ0v) is 13.5. The summed E-state index contributed by atoms with van der Waals surface area (Å²) in [5, 5.41) is 4.81. The first kappa shape index (κ1) is 15.4. The number of nitrogens with zero attached hydrogens (tertiary/aromatic N) is 2. The molecular weight excluding hydrogens is 318 g/mol. The van der Waals surface area contributed by atoms with Crippen molar-refractivity contribution < 1.29 is 14.1 Å². The van der Waals surface area contributed by atoms with Crippen LogP contribution in [0, 0.1) is 0 Å². The van der Waals surface area contributed by atoms with Crippen molar-refractivity contribution in [2.75, 3.05) is 0 Å². The monoisotopic (exact) mass is 335 g/mol. The first-order valence-corrected chi connectivity index (χ1v) is 8.12. The van der Waals surface area contributed by atoms with Crippen molar-refractivity contribution in [3.8, 4) is 0 Å². The van der Waals surface area contributed by atoms with Gasteiger partial charge in [0, 0.05) is 18.4 Å². The molecule has 0 fully saturated rings. The third-order valence-corrected chi connectivity index (χ3v) is 4.67. The van der Waals surface area contributed by atoms with Crippen LogP contribution in [0.5, 0.6) is 0 Å². The molecule has 0 saturated carbocycles. The topological polar surface area (TPSA) is 89.4 Å². The van der Waals surface area contributed by atoms with E-state index in [0.29, 0.717) is 24.2 Å². The van der Waals surface area contributed by atoms with Gasteiger partial charge >= 0.3 is 0 Å². The van der Waals surface area contributed by atoms with E-state index in [0.717, 1.165) is 16.5 Å². The summed E-state index contributed by atoms with van der Waals surface area (Å²) in [5.74, 6) is -0.676. The Morgan fingerprint density at radius 3 is 2.64 bits per heavy atom. The number of carbonyl (C=O) groups is 2. The predicted octanol–water partition coefficient (Wildman–Crippen LogP) is 1.81. The van der Waals surface area contributed by atoms with Gasteiger partial charge in [0.05, 0.1) is 6.42 Å². The largest absolute Gasteiger partial charge is 0.368 e. The van der Waals surface area contributed by atoms with E-state index in [1.165, 1.54) is 0 Å². The third kappa shape index (κ3) is 2.76. The van der Waals surface area contributed by atoms with Crippen LogP contribution in [0.1, 0.15) is 16.8 Å². The minimum absolute atomic E-state index is 0.0724. The van der Waals surface area contributed by atoms with Crippen molar-refractivity contribution in [2.45, 2.75) is 25.4 Å². The Balaban J connectivity index is 1.63. The van der Waals surface area contributed by atoms with E-state index >= 15 is 0 Å². The molecule has 1 aromatic heterocycles. The number of nitrogens with two attached hydrogens (primary N) is 1. The van der Waals surface area contributed by atoms with E-state index < -0.39 is 11.9 Å². The molecule has 1 aliphatic heterocycles. The van der Waals surface area contributed by atoms with Crippen LogP contribution in [0.15, 0.2) is 53.1 Å². The molecule has 2 aromatic carbocycles. The lowest BCUT2D eigenvalue weighted by atomic mass is 9.93. The Hall–Kier alpha value is -3.15.